The fraction of sp³-hybridized carbons (Fsp3) is 0.170. The van der Waals surface area contributed by atoms with Gasteiger partial charge in [-0.1, -0.05) is 108 Å². The number of pyridine rings is 1. The van der Waals surface area contributed by atoms with Crippen molar-refractivity contribution >= 4 is 43.6 Å². The van der Waals surface area contributed by atoms with Crippen molar-refractivity contribution in [1.29, 1.82) is 0 Å². The Balaban J connectivity index is 0.00000462. The van der Waals surface area contributed by atoms with E-state index in [-0.39, 0.29) is 20.4 Å². The van der Waals surface area contributed by atoms with Gasteiger partial charge in [0.25, 0.3) is 0 Å². The van der Waals surface area contributed by atoms with Crippen molar-refractivity contribution in [2.75, 3.05) is 0 Å². The van der Waals surface area contributed by atoms with E-state index < -0.39 is 0 Å². The number of hydrogen-bond donors (Lipinski definition) is 0. The van der Waals surface area contributed by atoms with E-state index in [1.165, 1.54) is 27.6 Å². The minimum absolute atomic E-state index is 0. The molecule has 0 aliphatic carbocycles. The predicted octanol–water partition coefficient (Wildman–Crippen LogP) is 13.9. The van der Waals surface area contributed by atoms with Gasteiger partial charge in [0.05, 0.1) is 22.7 Å². The summed E-state index contributed by atoms with van der Waals surface area (Å²) in [6.07, 6.45) is 5.95. The van der Waals surface area contributed by atoms with Crippen molar-refractivity contribution in [1.82, 2.24) is 23.9 Å². The number of rotatable bonds is 9. The first-order valence-corrected chi connectivity index (χ1v) is 20.6. The van der Waals surface area contributed by atoms with Crippen molar-refractivity contribution in [2.45, 2.75) is 59.3 Å². The minimum Gasteiger partial charge on any atom is -0.509 e. The fourth-order valence-electron chi connectivity index (χ4n) is 8.71. The van der Waals surface area contributed by atoms with Crippen LogP contribution in [0, 0.1) is 12.1 Å². The van der Waals surface area contributed by atoms with Gasteiger partial charge in [-0.3, -0.25) is 4.68 Å². The van der Waals surface area contributed by atoms with Crippen LogP contribution in [0.25, 0.3) is 71.9 Å². The van der Waals surface area contributed by atoms with Gasteiger partial charge >= 0.3 is 20.4 Å². The molecule has 0 saturated heterocycles. The fourth-order valence-corrected chi connectivity index (χ4v) is 8.71. The van der Waals surface area contributed by atoms with Crippen LogP contribution < -0.4 is 4.74 Å². The maximum absolute atomic E-state index is 6.59. The number of hydrogen-bond acceptors (Lipinski definition) is 3. The molecule has 0 bridgehead atoms. The van der Waals surface area contributed by atoms with Crippen molar-refractivity contribution in [3.05, 3.63) is 175 Å². The molecule has 0 atom stereocenters. The predicted molar refractivity (Wildman–Crippen MR) is 242 cm³/mol. The van der Waals surface area contributed by atoms with E-state index in [9.17, 15) is 0 Å². The summed E-state index contributed by atoms with van der Waals surface area (Å²) in [6, 6.07) is 51.7. The second kappa shape index (κ2) is 15.7. The van der Waals surface area contributed by atoms with Crippen LogP contribution in [0.4, 0.5) is 0 Å². The Morgan fingerprint density at radius 3 is 2.05 bits per heavy atom. The van der Waals surface area contributed by atoms with Crippen LogP contribution in [0.15, 0.2) is 146 Å². The average molecular weight is 874 g/mol. The zero-order valence-corrected chi connectivity index (χ0v) is 36.1. The van der Waals surface area contributed by atoms with E-state index in [1.807, 2.05) is 53.5 Å². The minimum atomic E-state index is 0. The molecule has 0 saturated carbocycles. The molecule has 6 aromatic carbocycles. The summed E-state index contributed by atoms with van der Waals surface area (Å²) in [5.74, 6) is 3.18. The maximum Gasteiger partial charge on any atom is 2.00 e. The molecule has 4 aromatic heterocycles. The first kappa shape index (κ1) is 39.2. The Morgan fingerprint density at radius 2 is 1.32 bits per heavy atom. The maximum atomic E-state index is 6.59. The molecule has 0 spiro atoms. The van der Waals surface area contributed by atoms with Gasteiger partial charge in [-0.2, -0.15) is 17.2 Å². The molecule has 0 aliphatic heterocycles. The summed E-state index contributed by atoms with van der Waals surface area (Å²) in [5, 5.41) is 9.39. The second-order valence-electron chi connectivity index (χ2n) is 16.4. The Labute approximate surface area is 364 Å². The van der Waals surface area contributed by atoms with Gasteiger partial charge in [-0.25, -0.2) is 4.98 Å². The van der Waals surface area contributed by atoms with Gasteiger partial charge in [-0.05, 0) is 87.5 Å². The molecule has 0 amide bonds. The third kappa shape index (κ3) is 6.63. The van der Waals surface area contributed by atoms with E-state index in [4.69, 9.17) is 14.8 Å². The molecule has 0 aliphatic rings. The van der Waals surface area contributed by atoms with Crippen LogP contribution in [0.2, 0.25) is 0 Å². The average Bonchev–Trinajstić information content (AvgIpc) is 3.97. The summed E-state index contributed by atoms with van der Waals surface area (Å²) in [6.45, 7) is 13.7. The summed E-state index contributed by atoms with van der Waals surface area (Å²) in [5.41, 5.74) is 12.6. The van der Waals surface area contributed by atoms with Gasteiger partial charge in [0.1, 0.15) is 5.82 Å². The molecular weight excluding hydrogens is 829 g/mol. The summed E-state index contributed by atoms with van der Waals surface area (Å²) in [4.78, 5) is 4.88. The van der Waals surface area contributed by atoms with Crippen molar-refractivity contribution in [3.8, 4) is 39.8 Å². The smallest absolute Gasteiger partial charge is 0.509 e. The standard InChI is InChI=1S/C53H45N5O.Pd/c1-33(2)36-27-45(34(3)4)51(46(28-36)35(5)6)37-31-55-56(32-37)39-17-14-18-40(29-39)59-41-22-23-42-43-24-25-48-52(53(43)58(49(42)30-41)50-21-12-13-26-54-50)44-19-10-11-20-47(44)57(48)38-15-8-7-9-16-38;/h7-28,31-35H,1-6H3;/q-2;+2. The topological polar surface area (TPSA) is 49.8 Å². The monoisotopic (exact) mass is 873 g/mol. The molecule has 0 N–H and O–H groups in total. The SMILES string of the molecule is CC(C)c1cc(C(C)C)c(-c2cnn(-c3[c-]c(Oc4[c-]c5c(cc4)c4ccc6c(c7ccccc7n6-c6ccccc6)c4n5-c4ccccn4)ccc3)c2)c(C(C)C)c1.[Pd+2]. The van der Waals surface area contributed by atoms with Crippen LogP contribution >= 0.6 is 0 Å². The molecule has 6 nitrogen and oxygen atoms in total. The Morgan fingerprint density at radius 1 is 0.600 bits per heavy atom. The second-order valence-corrected chi connectivity index (χ2v) is 16.4. The van der Waals surface area contributed by atoms with Crippen LogP contribution in [-0.4, -0.2) is 23.9 Å². The molecule has 10 aromatic rings. The van der Waals surface area contributed by atoms with E-state index in [2.05, 4.69) is 160 Å². The van der Waals surface area contributed by atoms with E-state index >= 15 is 0 Å². The number of nitrogens with zero attached hydrogens (tertiary/aromatic N) is 5. The number of fused-ring (bicyclic) bond motifs is 7. The zero-order valence-electron chi connectivity index (χ0n) is 34.5. The quantitative estimate of drug-likeness (QED) is 0.107. The third-order valence-electron chi connectivity index (χ3n) is 11.6. The number of aromatic nitrogens is 5. The molecule has 4 heterocycles. The largest absolute Gasteiger partial charge is 2.00 e. The Bertz CT molecular complexity index is 3140. The molecule has 298 valence electrons. The van der Waals surface area contributed by atoms with Crippen molar-refractivity contribution in [2.24, 2.45) is 0 Å². The molecule has 0 fully saturated rings. The van der Waals surface area contributed by atoms with E-state index in [0.717, 1.165) is 61.0 Å². The Hall–Kier alpha value is -6.26. The van der Waals surface area contributed by atoms with Gasteiger partial charge in [0.15, 0.2) is 0 Å². The van der Waals surface area contributed by atoms with Gasteiger partial charge < -0.3 is 13.9 Å². The van der Waals surface area contributed by atoms with Crippen molar-refractivity contribution < 1.29 is 25.2 Å². The molecule has 7 heteroatoms. The molecular formula is C53H45N5OPd. The molecule has 0 radical (unpaired) electrons. The zero-order chi connectivity index (χ0) is 40.4. The first-order valence-electron chi connectivity index (χ1n) is 20.6. The van der Waals surface area contributed by atoms with Gasteiger partial charge in [0, 0.05) is 45.9 Å². The normalized spacial score (nSPS) is 11.8. The Kier molecular flexibility index (Phi) is 10.3. The molecule has 60 heavy (non-hydrogen) atoms. The van der Waals surface area contributed by atoms with Crippen LogP contribution in [0.5, 0.6) is 11.5 Å². The van der Waals surface area contributed by atoms with Crippen LogP contribution in [0.3, 0.4) is 0 Å². The number of benzene rings is 6. The third-order valence-corrected chi connectivity index (χ3v) is 11.6. The van der Waals surface area contributed by atoms with E-state index in [1.54, 1.807) is 0 Å². The van der Waals surface area contributed by atoms with Gasteiger partial charge in [0.2, 0.25) is 0 Å². The molecule has 10 rings (SSSR count). The summed E-state index contributed by atoms with van der Waals surface area (Å²) in [7, 11) is 0. The number of ether oxygens (including phenoxy) is 1. The van der Waals surface area contributed by atoms with Crippen LogP contribution in [0.1, 0.15) is 76.0 Å². The summed E-state index contributed by atoms with van der Waals surface area (Å²) < 4.78 is 13.1. The van der Waals surface area contributed by atoms with E-state index in [0.29, 0.717) is 29.3 Å². The van der Waals surface area contributed by atoms with Crippen LogP contribution in [-0.2, 0) is 20.4 Å². The molecule has 0 unspecified atom stereocenters. The first-order chi connectivity index (χ1) is 28.7. The van der Waals surface area contributed by atoms with Gasteiger partial charge in [-0.15, -0.1) is 35.7 Å². The van der Waals surface area contributed by atoms with Crippen molar-refractivity contribution in [3.63, 3.8) is 0 Å². The summed E-state index contributed by atoms with van der Waals surface area (Å²) >= 11 is 0. The number of para-hydroxylation sites is 2.